The monoisotopic (exact) mass is 494 g/mol. The van der Waals surface area contributed by atoms with Crippen LogP contribution in [0, 0.1) is 34.5 Å². The molecule has 0 heterocycles. The van der Waals surface area contributed by atoms with Gasteiger partial charge in [0.2, 0.25) is 0 Å². The van der Waals surface area contributed by atoms with Gasteiger partial charge in [0.15, 0.2) is 0 Å². The fourth-order valence-electron chi connectivity index (χ4n) is 8.59. The van der Waals surface area contributed by atoms with E-state index in [1.807, 2.05) is 31.2 Å². The van der Waals surface area contributed by atoms with E-state index in [-0.39, 0.29) is 40.9 Å². The fraction of sp³-hybridized carbons (Fsp3) is 0.677. The van der Waals surface area contributed by atoms with Gasteiger partial charge in [-0.15, -0.1) is 0 Å². The van der Waals surface area contributed by atoms with Gasteiger partial charge in [0.05, 0.1) is 13.0 Å². The van der Waals surface area contributed by atoms with Gasteiger partial charge in [-0.25, -0.2) is 0 Å². The molecule has 5 rings (SSSR count). The summed E-state index contributed by atoms with van der Waals surface area (Å²) in [7, 11) is 1.65. The van der Waals surface area contributed by atoms with Crippen LogP contribution in [0.5, 0.6) is 5.75 Å². The molecule has 3 fully saturated rings. The molecule has 0 aliphatic heterocycles. The first-order chi connectivity index (χ1) is 17.2. The highest BCUT2D eigenvalue weighted by Crippen LogP contribution is 2.67. The van der Waals surface area contributed by atoms with Crippen LogP contribution in [0.25, 0.3) is 0 Å². The Balaban J connectivity index is 1.29. The quantitative estimate of drug-likeness (QED) is 0.332. The maximum atomic E-state index is 13.5. The highest BCUT2D eigenvalue weighted by atomic mass is 16.5. The number of ether oxygens (including phenoxy) is 3. The lowest BCUT2D eigenvalue weighted by molar-refractivity contribution is -0.161. The van der Waals surface area contributed by atoms with Crippen molar-refractivity contribution in [3.63, 3.8) is 0 Å². The fourth-order valence-corrected chi connectivity index (χ4v) is 8.59. The molecule has 0 unspecified atom stereocenters. The van der Waals surface area contributed by atoms with E-state index in [0.29, 0.717) is 17.8 Å². The van der Waals surface area contributed by atoms with Crippen LogP contribution in [-0.2, 0) is 19.1 Å². The maximum absolute atomic E-state index is 13.5. The van der Waals surface area contributed by atoms with Crippen molar-refractivity contribution in [2.24, 2.45) is 34.5 Å². The van der Waals surface area contributed by atoms with Gasteiger partial charge in [0.25, 0.3) is 0 Å². The van der Waals surface area contributed by atoms with E-state index in [1.54, 1.807) is 7.11 Å². The van der Waals surface area contributed by atoms with Crippen LogP contribution < -0.4 is 4.74 Å². The van der Waals surface area contributed by atoms with Gasteiger partial charge < -0.3 is 14.2 Å². The Bertz CT molecular complexity index is 1030. The van der Waals surface area contributed by atoms with Gasteiger partial charge in [-0.2, -0.15) is 0 Å². The molecule has 3 saturated carbocycles. The Hall–Kier alpha value is -2.30. The van der Waals surface area contributed by atoms with E-state index in [1.165, 1.54) is 25.3 Å². The number of carbonyl (C=O) groups is 2. The summed E-state index contributed by atoms with van der Waals surface area (Å²) in [6.07, 6.45) is 10.5. The molecule has 36 heavy (non-hydrogen) atoms. The molecule has 5 nitrogen and oxygen atoms in total. The minimum Gasteiger partial charge on any atom is -0.497 e. The van der Waals surface area contributed by atoms with Gasteiger partial charge in [0, 0.05) is 6.92 Å². The average molecular weight is 495 g/mol. The minimum atomic E-state index is -0.268. The second kappa shape index (κ2) is 9.54. The molecule has 0 bridgehead atoms. The molecule has 1 aromatic carbocycles. The van der Waals surface area contributed by atoms with E-state index in [2.05, 4.69) is 19.9 Å². The molecule has 196 valence electrons. The summed E-state index contributed by atoms with van der Waals surface area (Å²) < 4.78 is 16.9. The van der Waals surface area contributed by atoms with Gasteiger partial charge >= 0.3 is 11.9 Å². The number of benzene rings is 1. The lowest BCUT2D eigenvalue weighted by Crippen LogP contribution is -2.51. The molecule has 4 aliphatic carbocycles. The van der Waals surface area contributed by atoms with Crippen molar-refractivity contribution in [3.05, 3.63) is 41.5 Å². The molecule has 1 aromatic rings. The molecule has 8 atom stereocenters. The van der Waals surface area contributed by atoms with Crippen molar-refractivity contribution in [1.29, 1.82) is 0 Å². The van der Waals surface area contributed by atoms with Crippen molar-refractivity contribution in [2.75, 3.05) is 7.11 Å². The third-order valence-electron chi connectivity index (χ3n) is 10.6. The summed E-state index contributed by atoms with van der Waals surface area (Å²) in [5, 5.41) is 0. The SMILES string of the molecule is COc1ccc([C@@H](C)OC(=O)[C@H]2CC[C@H]3[C@@H]4CCC5=C[C@@H](OC(C)=O)CC[C@]5(C)[C@H]4CC[C@]23C)cc1. The molecule has 4 aliphatic rings. The lowest BCUT2D eigenvalue weighted by Gasteiger charge is -2.58. The molecule has 5 heteroatoms. The summed E-state index contributed by atoms with van der Waals surface area (Å²) in [5.41, 5.74) is 2.72. The van der Waals surface area contributed by atoms with Crippen LogP contribution in [0.3, 0.4) is 0 Å². The van der Waals surface area contributed by atoms with Crippen LogP contribution in [-0.4, -0.2) is 25.2 Å². The number of methoxy groups -OCH3 is 1. The van der Waals surface area contributed by atoms with Crippen molar-refractivity contribution in [3.8, 4) is 5.75 Å². The Kier molecular flexibility index (Phi) is 6.72. The number of carbonyl (C=O) groups excluding carboxylic acids is 2. The zero-order valence-corrected chi connectivity index (χ0v) is 22.5. The molecule has 0 saturated heterocycles. The van der Waals surface area contributed by atoms with E-state index in [0.717, 1.165) is 49.8 Å². The molecule has 0 aromatic heterocycles. The third kappa shape index (κ3) is 4.26. The van der Waals surface area contributed by atoms with Gasteiger partial charge in [-0.05, 0) is 111 Å². The van der Waals surface area contributed by atoms with Crippen LogP contribution in [0.15, 0.2) is 35.9 Å². The van der Waals surface area contributed by atoms with Crippen LogP contribution >= 0.6 is 0 Å². The Morgan fingerprint density at radius 2 is 1.72 bits per heavy atom. The Labute approximate surface area is 216 Å². The average Bonchev–Trinajstić information content (AvgIpc) is 3.21. The van der Waals surface area contributed by atoms with Crippen molar-refractivity contribution < 1.29 is 23.8 Å². The van der Waals surface area contributed by atoms with Crippen LogP contribution in [0.1, 0.15) is 90.7 Å². The summed E-state index contributed by atoms with van der Waals surface area (Å²) in [6.45, 7) is 8.30. The van der Waals surface area contributed by atoms with E-state index >= 15 is 0 Å². The number of esters is 2. The summed E-state index contributed by atoms with van der Waals surface area (Å²) in [5.74, 6) is 2.47. The summed E-state index contributed by atoms with van der Waals surface area (Å²) >= 11 is 0. The number of allylic oxidation sites excluding steroid dienone is 1. The first kappa shape index (κ1) is 25.4. The molecule has 0 amide bonds. The van der Waals surface area contributed by atoms with Crippen LogP contribution in [0.4, 0.5) is 0 Å². The molecular formula is C31H42O5. The zero-order chi connectivity index (χ0) is 25.7. The van der Waals surface area contributed by atoms with Gasteiger partial charge in [-0.1, -0.05) is 31.6 Å². The Morgan fingerprint density at radius 3 is 2.42 bits per heavy atom. The molecular weight excluding hydrogens is 452 g/mol. The molecule has 0 radical (unpaired) electrons. The number of rotatable bonds is 5. The summed E-state index contributed by atoms with van der Waals surface area (Å²) in [6, 6.07) is 7.79. The number of hydrogen-bond donors (Lipinski definition) is 0. The van der Waals surface area contributed by atoms with Crippen molar-refractivity contribution in [1.82, 2.24) is 0 Å². The predicted molar refractivity (Wildman–Crippen MR) is 138 cm³/mol. The summed E-state index contributed by atoms with van der Waals surface area (Å²) in [4.78, 5) is 25.0. The van der Waals surface area contributed by atoms with Gasteiger partial charge in [0.1, 0.15) is 18.0 Å². The maximum Gasteiger partial charge on any atom is 0.310 e. The van der Waals surface area contributed by atoms with Crippen molar-refractivity contribution in [2.45, 2.75) is 91.3 Å². The van der Waals surface area contributed by atoms with E-state index in [9.17, 15) is 9.59 Å². The standard InChI is InChI=1S/C31H42O5/c1-19(21-6-9-23(34-5)10-7-21)35-29(33)28-13-12-26-25-11-8-22-18-24(36-20(2)32)14-16-30(22,3)27(25)15-17-31(26,28)4/h6-7,9-10,18-19,24-28H,8,11-17H2,1-5H3/t19-,24+,25+,26+,27+,28-,30+,31+/m1/s1. The highest BCUT2D eigenvalue weighted by Gasteiger charge is 2.60. The highest BCUT2D eigenvalue weighted by molar-refractivity contribution is 5.74. The molecule has 0 spiro atoms. The van der Waals surface area contributed by atoms with E-state index < -0.39 is 0 Å². The number of fused-ring (bicyclic) bond motifs is 5. The minimum absolute atomic E-state index is 0.0183. The third-order valence-corrected chi connectivity index (χ3v) is 10.6. The first-order valence-electron chi connectivity index (χ1n) is 13.9. The second-order valence-corrected chi connectivity index (χ2v) is 12.2. The normalized spacial score (nSPS) is 38.0. The lowest BCUT2D eigenvalue weighted by atomic mass is 9.47. The van der Waals surface area contributed by atoms with Crippen LogP contribution in [0.2, 0.25) is 0 Å². The number of hydrogen-bond acceptors (Lipinski definition) is 5. The largest absolute Gasteiger partial charge is 0.497 e. The second-order valence-electron chi connectivity index (χ2n) is 12.2. The first-order valence-corrected chi connectivity index (χ1v) is 13.9. The van der Waals surface area contributed by atoms with Crippen molar-refractivity contribution >= 4 is 11.9 Å². The predicted octanol–water partition coefficient (Wildman–Crippen LogP) is 6.81. The topological polar surface area (TPSA) is 61.8 Å². The molecule has 0 N–H and O–H groups in total. The Morgan fingerprint density at radius 1 is 0.972 bits per heavy atom. The zero-order valence-electron chi connectivity index (χ0n) is 22.5. The van der Waals surface area contributed by atoms with E-state index in [4.69, 9.17) is 14.2 Å². The van der Waals surface area contributed by atoms with Gasteiger partial charge in [-0.3, -0.25) is 9.59 Å². The smallest absolute Gasteiger partial charge is 0.310 e.